The van der Waals surface area contributed by atoms with Crippen LogP contribution in [0.3, 0.4) is 0 Å². The van der Waals surface area contributed by atoms with Gasteiger partial charge in [-0.2, -0.15) is 0 Å². The molecule has 4 aliphatic heterocycles. The minimum Gasteiger partial charge on any atom is -0.457 e. The minimum atomic E-state index is -1.87. The van der Waals surface area contributed by atoms with Crippen molar-refractivity contribution in [3.8, 4) is 0 Å². The Balaban J connectivity index is 1.75. The fraction of sp³-hybridized carbons (Fsp3) is 0.775. The van der Waals surface area contributed by atoms with E-state index in [0.717, 1.165) is 62.3 Å². The van der Waals surface area contributed by atoms with Gasteiger partial charge in [-0.1, -0.05) is 0 Å². The maximum absolute atomic E-state index is 12.8. The summed E-state index contributed by atoms with van der Waals surface area (Å²) in [6.45, 7) is 11.2. The molecule has 4 saturated heterocycles. The van der Waals surface area contributed by atoms with E-state index in [4.69, 9.17) is 75.8 Å². The molecule has 26 nitrogen and oxygen atoms in total. The van der Waals surface area contributed by atoms with Gasteiger partial charge in [-0.3, -0.25) is 43.2 Å². The summed E-state index contributed by atoms with van der Waals surface area (Å²) in [6, 6.07) is 0. The van der Waals surface area contributed by atoms with Gasteiger partial charge in [-0.25, -0.2) is 0 Å². The SMILES string of the molecule is CC(=O)O[C@@H]1[C@@H](O[C@@H]2OC[C@@H](OC(C)=O)[C@H](O[C@@H]3OC[C@@H](OC(C)=O)[C@H](OC(C)=O)[C@H]3OC(C)=O)[C@H]2OC(C)=O)[C@H](C)O[C@@H](O[C@@H]2[C@@H](OC(C)=O)[C@@H](OC(C)=O)[C@@H](C)O[C@@H]2O)[C@@H]1OC(C)=O. The number of aliphatic hydroxyl groups is 1. The van der Waals surface area contributed by atoms with Crippen LogP contribution in [0.1, 0.15) is 76.2 Å². The van der Waals surface area contributed by atoms with Gasteiger partial charge in [0, 0.05) is 62.3 Å². The molecule has 0 aliphatic carbocycles. The van der Waals surface area contributed by atoms with E-state index in [9.17, 15) is 48.3 Å². The van der Waals surface area contributed by atoms with Crippen molar-refractivity contribution >= 4 is 53.7 Å². The summed E-state index contributed by atoms with van der Waals surface area (Å²) in [4.78, 5) is 112. The molecule has 0 aromatic rings. The van der Waals surface area contributed by atoms with Gasteiger partial charge in [-0.05, 0) is 13.8 Å². The molecule has 0 radical (unpaired) electrons. The Hall–Kier alpha value is -5.09. The molecule has 1 N–H and O–H groups in total. The molecule has 0 amide bonds. The molecule has 0 unspecified atom stereocenters. The standard InChI is InChI=1S/C40H56O26/c1-14-27(57-18(5)43)31(59-20(7)45)33(37(50)53-14)66-40-36(63-24(11)49)32(60-21(8)46)28(15(2)54-40)64-38-35(62-23(10)48)30(26(13-51-38)56-17(4)42)65-39-34(61-22(9)47)29(58-19(6)44)25(12-52-39)55-16(3)41/h14-15,25-40,50H,12-13H2,1-11H3/t14-,15+,25-,26-,27+,28+,29+,30+,31+,32-,33-,34-,35-,36-,37+,38+,39+,40+/m1/s1. The molecule has 4 fully saturated rings. The number of hydrogen-bond acceptors (Lipinski definition) is 26. The molecule has 4 rings (SSSR count). The first-order valence-electron chi connectivity index (χ1n) is 20.6. The summed E-state index contributed by atoms with van der Waals surface area (Å²) < 4.78 is 91.6. The van der Waals surface area contributed by atoms with Crippen molar-refractivity contribution < 1.29 is 124 Å². The van der Waals surface area contributed by atoms with Gasteiger partial charge in [0.2, 0.25) is 0 Å². The molecule has 4 aliphatic rings. The van der Waals surface area contributed by atoms with Gasteiger partial charge < -0.3 is 80.9 Å². The predicted molar refractivity (Wildman–Crippen MR) is 205 cm³/mol. The lowest BCUT2D eigenvalue weighted by Crippen LogP contribution is -2.67. The Morgan fingerprint density at radius 1 is 0.348 bits per heavy atom. The second-order valence-electron chi connectivity index (χ2n) is 15.5. The van der Waals surface area contributed by atoms with E-state index in [1.165, 1.54) is 13.8 Å². The molecular weight excluding hydrogens is 896 g/mol. The summed E-state index contributed by atoms with van der Waals surface area (Å²) in [6.07, 6.45) is -28.4. The van der Waals surface area contributed by atoms with Gasteiger partial charge >= 0.3 is 53.7 Å². The van der Waals surface area contributed by atoms with Crippen LogP contribution in [0.25, 0.3) is 0 Å². The summed E-state index contributed by atoms with van der Waals surface area (Å²) in [5, 5.41) is 11.1. The number of esters is 9. The van der Waals surface area contributed by atoms with E-state index >= 15 is 0 Å². The number of carbonyl (C=O) groups excluding carboxylic acids is 9. The third-order valence-electron chi connectivity index (χ3n) is 9.86. The summed E-state index contributed by atoms with van der Waals surface area (Å²) >= 11 is 0. The Bertz CT molecular complexity index is 1790. The van der Waals surface area contributed by atoms with Crippen LogP contribution in [0.2, 0.25) is 0 Å². The fourth-order valence-electron chi connectivity index (χ4n) is 7.68. The van der Waals surface area contributed by atoms with Gasteiger partial charge in [0.15, 0.2) is 86.2 Å². The maximum atomic E-state index is 12.8. The van der Waals surface area contributed by atoms with Crippen molar-refractivity contribution in [1.82, 2.24) is 0 Å². The second kappa shape index (κ2) is 23.6. The topological polar surface area (TPSA) is 322 Å². The molecule has 0 bridgehead atoms. The van der Waals surface area contributed by atoms with Gasteiger partial charge in [-0.15, -0.1) is 0 Å². The van der Waals surface area contributed by atoms with Gasteiger partial charge in [0.25, 0.3) is 0 Å². The highest BCUT2D eigenvalue weighted by atomic mass is 16.8. The molecule has 26 heteroatoms. The van der Waals surface area contributed by atoms with Crippen LogP contribution in [-0.4, -0.2) is 183 Å². The van der Waals surface area contributed by atoms with E-state index in [1.54, 1.807) is 0 Å². The third-order valence-corrected chi connectivity index (χ3v) is 9.86. The predicted octanol–water partition coefficient (Wildman–Crippen LogP) is -1.28. The molecule has 0 saturated carbocycles. The van der Waals surface area contributed by atoms with Gasteiger partial charge in [0.1, 0.15) is 12.2 Å². The number of aliphatic hydroxyl groups excluding tert-OH is 1. The van der Waals surface area contributed by atoms with Crippen LogP contribution in [-0.2, 0) is 119 Å². The quantitative estimate of drug-likeness (QED) is 0.148. The largest absolute Gasteiger partial charge is 0.457 e. The van der Waals surface area contributed by atoms with Crippen LogP contribution >= 0.6 is 0 Å². The molecule has 18 atom stereocenters. The van der Waals surface area contributed by atoms with Crippen molar-refractivity contribution in [2.75, 3.05) is 13.2 Å². The maximum Gasteiger partial charge on any atom is 0.303 e. The first-order chi connectivity index (χ1) is 30.9. The average molecular weight is 953 g/mol. The first kappa shape index (κ1) is 53.5. The molecular formula is C40H56O26. The van der Waals surface area contributed by atoms with Crippen LogP contribution in [0.5, 0.6) is 0 Å². The van der Waals surface area contributed by atoms with E-state index < -0.39 is 178 Å². The highest BCUT2D eigenvalue weighted by molar-refractivity contribution is 5.70. The van der Waals surface area contributed by atoms with Crippen LogP contribution in [0, 0.1) is 0 Å². The molecule has 66 heavy (non-hydrogen) atoms. The zero-order valence-electron chi connectivity index (χ0n) is 38.0. The zero-order valence-corrected chi connectivity index (χ0v) is 38.0. The van der Waals surface area contributed by atoms with Crippen LogP contribution in [0.15, 0.2) is 0 Å². The van der Waals surface area contributed by atoms with Crippen LogP contribution in [0.4, 0.5) is 0 Å². The summed E-state index contributed by atoms with van der Waals surface area (Å²) in [5.74, 6) is -7.98. The van der Waals surface area contributed by atoms with E-state index in [0.29, 0.717) is 0 Å². The van der Waals surface area contributed by atoms with Crippen molar-refractivity contribution in [1.29, 1.82) is 0 Å². The lowest BCUT2D eigenvalue weighted by atomic mass is 9.96. The van der Waals surface area contributed by atoms with Crippen LogP contribution < -0.4 is 0 Å². The van der Waals surface area contributed by atoms with Crippen molar-refractivity contribution in [2.45, 2.75) is 187 Å². The lowest BCUT2D eigenvalue weighted by Gasteiger charge is -2.49. The molecule has 0 aromatic heterocycles. The smallest absolute Gasteiger partial charge is 0.303 e. The van der Waals surface area contributed by atoms with Crippen molar-refractivity contribution in [2.24, 2.45) is 0 Å². The normalized spacial score (nSPS) is 36.5. The minimum absolute atomic E-state index is 0.490. The zero-order chi connectivity index (χ0) is 49.3. The van der Waals surface area contributed by atoms with E-state index in [-0.39, 0.29) is 0 Å². The van der Waals surface area contributed by atoms with E-state index in [1.807, 2.05) is 0 Å². The molecule has 4 heterocycles. The number of carbonyl (C=O) groups is 9. The lowest BCUT2D eigenvalue weighted by molar-refractivity contribution is -0.378. The number of hydrogen-bond donors (Lipinski definition) is 1. The van der Waals surface area contributed by atoms with Gasteiger partial charge in [0.05, 0.1) is 25.4 Å². The second-order valence-corrected chi connectivity index (χ2v) is 15.5. The first-order valence-corrected chi connectivity index (χ1v) is 20.6. The number of rotatable bonds is 15. The average Bonchev–Trinajstić information content (AvgIpc) is 3.16. The highest BCUT2D eigenvalue weighted by Gasteiger charge is 2.58. The Morgan fingerprint density at radius 3 is 1.09 bits per heavy atom. The summed E-state index contributed by atoms with van der Waals surface area (Å²) in [5.41, 5.74) is 0. The fourth-order valence-corrected chi connectivity index (χ4v) is 7.68. The molecule has 0 aromatic carbocycles. The molecule has 0 spiro atoms. The highest BCUT2D eigenvalue weighted by Crippen LogP contribution is 2.37. The molecule has 372 valence electrons. The number of ether oxygens (including phenoxy) is 16. The summed E-state index contributed by atoms with van der Waals surface area (Å²) in [7, 11) is 0. The Morgan fingerprint density at radius 2 is 0.652 bits per heavy atom. The van der Waals surface area contributed by atoms with Crippen molar-refractivity contribution in [3.63, 3.8) is 0 Å². The van der Waals surface area contributed by atoms with E-state index in [2.05, 4.69) is 0 Å². The Kier molecular flexibility index (Phi) is 19.1. The Labute approximate surface area is 377 Å². The van der Waals surface area contributed by atoms with Crippen molar-refractivity contribution in [3.05, 3.63) is 0 Å². The monoisotopic (exact) mass is 952 g/mol. The third kappa shape index (κ3) is 14.5.